The fourth-order valence-electron chi connectivity index (χ4n) is 3.85. The Bertz CT molecular complexity index is 501. The van der Waals surface area contributed by atoms with Crippen LogP contribution in [0, 0.1) is 34.4 Å². The van der Waals surface area contributed by atoms with E-state index in [9.17, 15) is 9.65 Å². The molecule has 94 valence electrons. The van der Waals surface area contributed by atoms with E-state index in [0.29, 0.717) is 28.8 Å². The third-order valence-electron chi connectivity index (χ3n) is 4.75. The summed E-state index contributed by atoms with van der Waals surface area (Å²) in [7, 11) is 0. The second kappa shape index (κ2) is 4.24. The number of fused-ring (bicyclic) bond motifs is 2. The lowest BCUT2D eigenvalue weighted by molar-refractivity contribution is 0.237. The fourth-order valence-corrected chi connectivity index (χ4v) is 4.08. The van der Waals surface area contributed by atoms with Gasteiger partial charge >= 0.3 is 0 Å². The van der Waals surface area contributed by atoms with E-state index in [1.807, 2.05) is 0 Å². The van der Waals surface area contributed by atoms with E-state index in [1.54, 1.807) is 12.1 Å². The predicted molar refractivity (Wildman–Crippen MR) is 68.6 cm³/mol. The zero-order valence-corrected chi connectivity index (χ0v) is 10.9. The van der Waals surface area contributed by atoms with Gasteiger partial charge in [-0.2, -0.15) is 5.26 Å². The predicted octanol–water partition coefficient (Wildman–Crippen LogP) is 4.35. The highest BCUT2D eigenvalue weighted by Gasteiger charge is 2.51. The van der Waals surface area contributed by atoms with Crippen LogP contribution >= 0.6 is 11.6 Å². The van der Waals surface area contributed by atoms with E-state index in [0.717, 1.165) is 19.3 Å². The Labute approximate surface area is 112 Å². The number of hydrogen-bond acceptors (Lipinski definition) is 1. The molecule has 0 amide bonds. The lowest BCUT2D eigenvalue weighted by Gasteiger charge is -2.31. The Balaban J connectivity index is 1.94. The molecule has 0 heterocycles. The second-order valence-electron chi connectivity index (χ2n) is 5.73. The summed E-state index contributed by atoms with van der Waals surface area (Å²) in [5, 5.41) is 10.0. The smallest absolute Gasteiger partial charge is 0.127 e. The van der Waals surface area contributed by atoms with Crippen molar-refractivity contribution in [1.29, 1.82) is 5.26 Å². The van der Waals surface area contributed by atoms with Crippen LogP contribution in [0.1, 0.15) is 31.2 Å². The summed E-state index contributed by atoms with van der Waals surface area (Å²) < 4.78 is 13.9. The van der Waals surface area contributed by atoms with Crippen LogP contribution in [0.25, 0.3) is 0 Å². The highest BCUT2D eigenvalue weighted by Crippen LogP contribution is 2.57. The van der Waals surface area contributed by atoms with Gasteiger partial charge in [-0.15, -0.1) is 0 Å². The highest BCUT2D eigenvalue weighted by atomic mass is 35.5. The van der Waals surface area contributed by atoms with E-state index in [2.05, 4.69) is 6.07 Å². The largest absolute Gasteiger partial charge is 0.207 e. The molecule has 0 N–H and O–H groups in total. The number of nitrogens with zero attached hydrogens (tertiary/aromatic N) is 1. The minimum atomic E-state index is -0.380. The maximum Gasteiger partial charge on any atom is 0.127 e. The monoisotopic (exact) mass is 263 g/mol. The van der Waals surface area contributed by atoms with Gasteiger partial charge < -0.3 is 0 Å². The van der Waals surface area contributed by atoms with Crippen LogP contribution in [-0.2, 0) is 6.42 Å². The van der Waals surface area contributed by atoms with Crippen molar-refractivity contribution in [2.24, 2.45) is 17.3 Å². The molecular formula is C15H15ClFN. The highest BCUT2D eigenvalue weighted by molar-refractivity contribution is 6.31. The molecule has 1 nitrogen and oxygen atoms in total. The van der Waals surface area contributed by atoms with Crippen LogP contribution in [0.15, 0.2) is 18.2 Å². The van der Waals surface area contributed by atoms with Gasteiger partial charge in [0.1, 0.15) is 5.82 Å². The topological polar surface area (TPSA) is 23.8 Å². The minimum absolute atomic E-state index is 0.278. The average Bonchev–Trinajstić information content (AvgIpc) is 2.95. The van der Waals surface area contributed by atoms with Crippen LogP contribution in [0.4, 0.5) is 4.39 Å². The van der Waals surface area contributed by atoms with Gasteiger partial charge in [0.05, 0.1) is 11.5 Å². The van der Waals surface area contributed by atoms with Crippen LogP contribution < -0.4 is 0 Å². The maximum atomic E-state index is 13.9. The first-order valence-corrected chi connectivity index (χ1v) is 6.86. The first-order chi connectivity index (χ1) is 8.64. The first kappa shape index (κ1) is 12.0. The van der Waals surface area contributed by atoms with E-state index in [4.69, 9.17) is 11.6 Å². The van der Waals surface area contributed by atoms with Crippen LogP contribution in [-0.4, -0.2) is 0 Å². The van der Waals surface area contributed by atoms with Crippen LogP contribution in [0.2, 0.25) is 5.02 Å². The summed E-state index contributed by atoms with van der Waals surface area (Å²) in [6.07, 6.45) is 4.87. The van der Waals surface area contributed by atoms with Crippen molar-refractivity contribution in [1.82, 2.24) is 0 Å². The van der Waals surface area contributed by atoms with Crippen molar-refractivity contribution < 1.29 is 4.39 Å². The molecule has 2 fully saturated rings. The van der Waals surface area contributed by atoms with Gasteiger partial charge in [-0.05, 0) is 49.7 Å². The zero-order chi connectivity index (χ0) is 12.8. The lowest BCUT2D eigenvalue weighted by Crippen LogP contribution is -2.29. The maximum absolute atomic E-state index is 13.9. The van der Waals surface area contributed by atoms with E-state index >= 15 is 0 Å². The first-order valence-electron chi connectivity index (χ1n) is 6.49. The zero-order valence-electron chi connectivity index (χ0n) is 10.1. The lowest BCUT2D eigenvalue weighted by atomic mass is 9.70. The van der Waals surface area contributed by atoms with Crippen molar-refractivity contribution in [3.63, 3.8) is 0 Å². The number of halogens is 2. The van der Waals surface area contributed by atoms with E-state index < -0.39 is 0 Å². The number of rotatable bonds is 2. The van der Waals surface area contributed by atoms with Crippen molar-refractivity contribution in [2.45, 2.75) is 32.1 Å². The summed E-state index contributed by atoms with van der Waals surface area (Å²) in [6, 6.07) is 7.24. The summed E-state index contributed by atoms with van der Waals surface area (Å²) in [4.78, 5) is 0. The molecule has 2 aliphatic carbocycles. The Morgan fingerprint density at radius 3 is 2.83 bits per heavy atom. The Hall–Kier alpha value is -1.07. The number of nitriles is 1. The molecule has 2 aliphatic rings. The Morgan fingerprint density at radius 1 is 1.44 bits per heavy atom. The number of hydrogen-bond donors (Lipinski definition) is 0. The molecule has 3 atom stereocenters. The van der Waals surface area contributed by atoms with Gasteiger partial charge in [0.15, 0.2) is 0 Å². The van der Waals surface area contributed by atoms with Gasteiger partial charge in [0, 0.05) is 10.6 Å². The van der Waals surface area contributed by atoms with Gasteiger partial charge in [-0.1, -0.05) is 24.1 Å². The molecule has 0 aromatic heterocycles. The standard InChI is InChI=1S/C15H15ClFN/c16-13-2-1-3-14(17)12(13)8-15(9-18)7-10-4-5-11(15)6-10/h1-3,10-11H,4-8H2. The molecule has 3 heteroatoms. The summed E-state index contributed by atoms with van der Waals surface area (Å²) in [6.45, 7) is 0. The van der Waals surface area contributed by atoms with Gasteiger partial charge in [0.25, 0.3) is 0 Å². The Kier molecular flexibility index (Phi) is 2.83. The minimum Gasteiger partial charge on any atom is -0.207 e. The van der Waals surface area contributed by atoms with Gasteiger partial charge in [0.2, 0.25) is 0 Å². The van der Waals surface area contributed by atoms with Gasteiger partial charge in [-0.3, -0.25) is 0 Å². The van der Waals surface area contributed by atoms with Crippen LogP contribution in [0.3, 0.4) is 0 Å². The van der Waals surface area contributed by atoms with Crippen molar-refractivity contribution in [3.8, 4) is 6.07 Å². The third kappa shape index (κ3) is 1.73. The van der Waals surface area contributed by atoms with E-state index in [1.165, 1.54) is 12.5 Å². The molecule has 3 unspecified atom stereocenters. The van der Waals surface area contributed by atoms with Crippen molar-refractivity contribution in [2.75, 3.05) is 0 Å². The normalized spacial score (nSPS) is 33.6. The quantitative estimate of drug-likeness (QED) is 0.778. The van der Waals surface area contributed by atoms with E-state index in [-0.39, 0.29) is 11.2 Å². The molecule has 2 saturated carbocycles. The van der Waals surface area contributed by atoms with Crippen molar-refractivity contribution >= 4 is 11.6 Å². The molecule has 0 spiro atoms. The second-order valence-corrected chi connectivity index (χ2v) is 6.13. The molecule has 0 saturated heterocycles. The van der Waals surface area contributed by atoms with Gasteiger partial charge in [-0.25, -0.2) is 4.39 Å². The number of benzene rings is 1. The van der Waals surface area contributed by atoms with Crippen LogP contribution in [0.5, 0.6) is 0 Å². The van der Waals surface area contributed by atoms with Crippen molar-refractivity contribution in [3.05, 3.63) is 34.6 Å². The molecule has 1 aromatic rings. The fraction of sp³-hybridized carbons (Fsp3) is 0.533. The Morgan fingerprint density at radius 2 is 2.28 bits per heavy atom. The summed E-state index contributed by atoms with van der Waals surface area (Å²) >= 11 is 6.08. The summed E-state index contributed by atoms with van der Waals surface area (Å²) in [5.41, 5.74) is 0.141. The molecule has 2 bridgehead atoms. The molecule has 3 rings (SSSR count). The molecule has 18 heavy (non-hydrogen) atoms. The molecular weight excluding hydrogens is 249 g/mol. The molecule has 0 aliphatic heterocycles. The summed E-state index contributed by atoms with van der Waals surface area (Å²) in [5.74, 6) is 0.822. The molecule has 0 radical (unpaired) electrons. The third-order valence-corrected chi connectivity index (χ3v) is 5.11. The molecule has 1 aromatic carbocycles. The average molecular weight is 264 g/mol. The SMILES string of the molecule is N#CC1(Cc2c(F)cccc2Cl)CC2CCC1C2.